The van der Waals surface area contributed by atoms with Gasteiger partial charge in [0.15, 0.2) is 0 Å². The molecule has 0 N–H and O–H groups in total. The van der Waals surface area contributed by atoms with Gasteiger partial charge in [0, 0.05) is 5.97 Å². The average Bonchev–Trinajstić information content (AvgIpc) is 2.48. The summed E-state index contributed by atoms with van der Waals surface area (Å²) in [6.07, 6.45) is 17.4. The first-order chi connectivity index (χ1) is 10.9. The summed E-state index contributed by atoms with van der Waals surface area (Å²) in [5.74, 6) is -1.08. The van der Waals surface area contributed by atoms with Gasteiger partial charge in [-0.05, 0) is 26.7 Å². The number of unbranched alkanes of at least 4 members (excludes halogenated alkanes) is 11. The lowest BCUT2D eigenvalue weighted by molar-refractivity contribution is -0.888. The zero-order valence-electron chi connectivity index (χ0n) is 16.7. The van der Waals surface area contributed by atoms with Gasteiger partial charge in [0.2, 0.25) is 0 Å². The quantitative estimate of drug-likeness (QED) is 0.347. The molecule has 0 bridgehead atoms. The van der Waals surface area contributed by atoms with E-state index in [1.165, 1.54) is 94.6 Å². The number of carbonyl (C=O) groups excluding carboxylic acids is 1. The van der Waals surface area contributed by atoms with Gasteiger partial charge in [-0.2, -0.15) is 0 Å². The van der Waals surface area contributed by atoms with Crippen molar-refractivity contribution >= 4 is 5.97 Å². The Bertz CT molecular complexity index is 248. The Morgan fingerprint density at radius 1 is 0.739 bits per heavy atom. The minimum Gasteiger partial charge on any atom is -0.550 e. The summed E-state index contributed by atoms with van der Waals surface area (Å²) < 4.78 is 1.19. The predicted octanol–water partition coefficient (Wildman–Crippen LogP) is 4.54. The number of hydrogen-bond donors (Lipinski definition) is 0. The van der Waals surface area contributed by atoms with Crippen LogP contribution in [0.15, 0.2) is 0 Å². The number of rotatable bonds is 14. The van der Waals surface area contributed by atoms with Crippen LogP contribution >= 0.6 is 0 Å². The summed E-state index contributed by atoms with van der Waals surface area (Å²) in [6, 6.07) is 0. The molecule has 0 radical (unpaired) electrons. The standard InChI is InChI=1S/C18H40N.C2H4O2/c1-5-7-8-9-10-11-12-13-14-15-16-17-18-19(3,4)6-2;1-2(3)4/h5-18H2,1-4H3;1H3,(H,3,4)/q+1;/p-1. The van der Waals surface area contributed by atoms with Gasteiger partial charge in [-0.1, -0.05) is 71.1 Å². The summed E-state index contributed by atoms with van der Waals surface area (Å²) in [5, 5.41) is 8.89. The first-order valence-corrected chi connectivity index (χ1v) is 9.85. The van der Waals surface area contributed by atoms with Crippen LogP contribution in [-0.4, -0.2) is 37.6 Å². The number of carboxylic acids is 1. The fraction of sp³-hybridized carbons (Fsp3) is 0.950. The van der Waals surface area contributed by atoms with Crippen molar-refractivity contribution in [1.82, 2.24) is 0 Å². The molecule has 0 heterocycles. The smallest absolute Gasteiger partial charge is 0.0782 e. The second-order valence-electron chi connectivity index (χ2n) is 7.36. The second kappa shape index (κ2) is 17.8. The number of aliphatic carboxylic acids is 1. The van der Waals surface area contributed by atoms with Gasteiger partial charge in [0.25, 0.3) is 0 Å². The highest BCUT2D eigenvalue weighted by Crippen LogP contribution is 2.12. The molecule has 0 aliphatic carbocycles. The van der Waals surface area contributed by atoms with Crippen molar-refractivity contribution in [3.05, 3.63) is 0 Å². The largest absolute Gasteiger partial charge is 0.550 e. The van der Waals surface area contributed by atoms with Crippen molar-refractivity contribution in [1.29, 1.82) is 0 Å². The molecule has 140 valence electrons. The summed E-state index contributed by atoms with van der Waals surface area (Å²) >= 11 is 0. The van der Waals surface area contributed by atoms with Gasteiger partial charge in [-0.15, -0.1) is 0 Å². The summed E-state index contributed by atoms with van der Waals surface area (Å²) in [4.78, 5) is 8.89. The number of quaternary nitrogens is 1. The molecule has 0 amide bonds. The third kappa shape index (κ3) is 26.6. The zero-order valence-corrected chi connectivity index (χ0v) is 16.7. The van der Waals surface area contributed by atoms with Crippen LogP contribution in [0.25, 0.3) is 0 Å². The molecule has 0 fully saturated rings. The van der Waals surface area contributed by atoms with Gasteiger partial charge in [0.05, 0.1) is 27.2 Å². The van der Waals surface area contributed by atoms with Crippen LogP contribution in [-0.2, 0) is 4.79 Å². The van der Waals surface area contributed by atoms with E-state index >= 15 is 0 Å². The van der Waals surface area contributed by atoms with Crippen molar-refractivity contribution in [3.63, 3.8) is 0 Å². The second-order valence-corrected chi connectivity index (χ2v) is 7.36. The highest BCUT2D eigenvalue weighted by Gasteiger charge is 2.09. The summed E-state index contributed by atoms with van der Waals surface area (Å²) in [6.45, 7) is 8.17. The highest BCUT2D eigenvalue weighted by molar-refractivity contribution is 5.60. The van der Waals surface area contributed by atoms with Gasteiger partial charge >= 0.3 is 0 Å². The van der Waals surface area contributed by atoms with Crippen LogP contribution in [0.2, 0.25) is 0 Å². The highest BCUT2D eigenvalue weighted by atomic mass is 16.4. The average molecular weight is 330 g/mol. The van der Waals surface area contributed by atoms with Crippen molar-refractivity contribution in [2.24, 2.45) is 0 Å². The zero-order chi connectivity index (χ0) is 18.0. The number of carboxylic acid groups (broad SMARTS) is 1. The molecule has 0 rings (SSSR count). The molecule has 3 nitrogen and oxygen atoms in total. The van der Waals surface area contributed by atoms with Crippen LogP contribution in [0.5, 0.6) is 0 Å². The third-order valence-electron chi connectivity index (χ3n) is 4.47. The van der Waals surface area contributed by atoms with Crippen LogP contribution in [0.4, 0.5) is 0 Å². The number of nitrogens with zero attached hydrogens (tertiary/aromatic N) is 1. The molecule has 0 unspecified atom stereocenters. The Morgan fingerprint density at radius 3 is 1.35 bits per heavy atom. The lowest BCUT2D eigenvalue weighted by atomic mass is 10.1. The Balaban J connectivity index is 0. The Hall–Kier alpha value is -0.570. The lowest BCUT2D eigenvalue weighted by Crippen LogP contribution is -2.39. The van der Waals surface area contributed by atoms with Crippen molar-refractivity contribution in [2.75, 3.05) is 27.2 Å². The maximum Gasteiger partial charge on any atom is 0.0782 e. The van der Waals surface area contributed by atoms with E-state index < -0.39 is 5.97 Å². The molecule has 0 saturated heterocycles. The van der Waals surface area contributed by atoms with E-state index in [1.54, 1.807) is 0 Å². The van der Waals surface area contributed by atoms with Crippen LogP contribution in [0.3, 0.4) is 0 Å². The predicted molar refractivity (Wildman–Crippen MR) is 99.3 cm³/mol. The number of carbonyl (C=O) groups is 1. The van der Waals surface area contributed by atoms with Crippen molar-refractivity contribution in [2.45, 2.75) is 97.8 Å². The molecule has 0 spiro atoms. The molecule has 0 aromatic rings. The first kappa shape index (κ1) is 24.7. The molecule has 0 atom stereocenters. The van der Waals surface area contributed by atoms with Crippen LogP contribution < -0.4 is 5.11 Å². The van der Waals surface area contributed by atoms with E-state index in [0.717, 1.165) is 6.92 Å². The van der Waals surface area contributed by atoms with Gasteiger partial charge in [-0.25, -0.2) is 0 Å². The lowest BCUT2D eigenvalue weighted by Gasteiger charge is -2.28. The maximum absolute atomic E-state index is 8.89. The van der Waals surface area contributed by atoms with Gasteiger partial charge in [0.1, 0.15) is 0 Å². The molecule has 0 saturated carbocycles. The van der Waals surface area contributed by atoms with Crippen LogP contribution in [0.1, 0.15) is 97.8 Å². The normalized spacial score (nSPS) is 11.0. The van der Waals surface area contributed by atoms with E-state index in [-0.39, 0.29) is 0 Å². The topological polar surface area (TPSA) is 40.1 Å². The molecule has 3 heteroatoms. The van der Waals surface area contributed by atoms with E-state index in [0.29, 0.717) is 0 Å². The fourth-order valence-corrected chi connectivity index (χ4v) is 2.54. The third-order valence-corrected chi connectivity index (χ3v) is 4.47. The monoisotopic (exact) mass is 329 g/mol. The van der Waals surface area contributed by atoms with E-state index in [9.17, 15) is 0 Å². The Morgan fingerprint density at radius 2 is 1.04 bits per heavy atom. The molecule has 0 aromatic heterocycles. The molecule has 0 aliphatic rings. The molecular formula is C20H43NO2. The first-order valence-electron chi connectivity index (χ1n) is 9.85. The van der Waals surface area contributed by atoms with Crippen molar-refractivity contribution < 1.29 is 14.4 Å². The van der Waals surface area contributed by atoms with E-state index in [4.69, 9.17) is 9.90 Å². The molecular weight excluding hydrogens is 286 g/mol. The van der Waals surface area contributed by atoms with Gasteiger partial charge < -0.3 is 14.4 Å². The van der Waals surface area contributed by atoms with Crippen molar-refractivity contribution in [3.8, 4) is 0 Å². The minimum atomic E-state index is -1.08. The molecule has 23 heavy (non-hydrogen) atoms. The van der Waals surface area contributed by atoms with Gasteiger partial charge in [-0.3, -0.25) is 0 Å². The fourth-order valence-electron chi connectivity index (χ4n) is 2.54. The Kier molecular flexibility index (Phi) is 19.1. The van der Waals surface area contributed by atoms with Crippen LogP contribution in [0, 0.1) is 0 Å². The summed E-state index contributed by atoms with van der Waals surface area (Å²) in [7, 11) is 4.69. The van der Waals surface area contributed by atoms with E-state index in [1.807, 2.05) is 0 Å². The van der Waals surface area contributed by atoms with E-state index in [2.05, 4.69) is 27.9 Å². The maximum atomic E-state index is 8.89. The molecule has 0 aromatic carbocycles. The Labute approximate surface area is 146 Å². The molecule has 0 aliphatic heterocycles. The minimum absolute atomic E-state index is 0.972. The number of hydrogen-bond acceptors (Lipinski definition) is 2. The summed E-state index contributed by atoms with van der Waals surface area (Å²) in [5.41, 5.74) is 0. The SMILES string of the molecule is CC(=O)[O-].CCCCCCCCCCCCCC[N+](C)(C)CC.